The third kappa shape index (κ3) is 7.05. The highest BCUT2D eigenvalue weighted by atomic mass is 19.1. The molecule has 11 heteroatoms. The maximum absolute atomic E-state index is 14.8. The summed E-state index contributed by atoms with van der Waals surface area (Å²) in [5.41, 5.74) is 3.10. The predicted molar refractivity (Wildman–Crippen MR) is 174 cm³/mol. The summed E-state index contributed by atoms with van der Waals surface area (Å²) in [5.74, 6) is -1.74. The maximum Gasteiger partial charge on any atom is 0.320 e. The van der Waals surface area contributed by atoms with Crippen molar-refractivity contribution in [3.63, 3.8) is 0 Å². The van der Waals surface area contributed by atoms with Gasteiger partial charge in [0, 0.05) is 44.1 Å². The molecule has 47 heavy (non-hydrogen) atoms. The van der Waals surface area contributed by atoms with Gasteiger partial charge in [-0.25, -0.2) is 4.39 Å². The van der Waals surface area contributed by atoms with Crippen molar-refractivity contribution in [2.45, 2.75) is 64.3 Å². The number of ether oxygens (including phenoxy) is 1. The first kappa shape index (κ1) is 32.3. The first-order valence-corrected chi connectivity index (χ1v) is 16.2. The van der Waals surface area contributed by atoms with Crippen molar-refractivity contribution in [2.75, 3.05) is 31.6 Å². The number of carbonyl (C=O) groups is 4. The largest absolute Gasteiger partial charge is 0.461 e. The number of likely N-dealkylation sites (N-methyl/N-ethyl adjacent to an activating group) is 1. The summed E-state index contributed by atoms with van der Waals surface area (Å²) in [6.07, 6.45) is 6.74. The number of rotatable bonds is 9. The number of hydrogen-bond acceptors (Lipinski definition) is 7. The Morgan fingerprint density at radius 3 is 2.51 bits per heavy atom. The van der Waals surface area contributed by atoms with Crippen LogP contribution in [0.25, 0.3) is 11.1 Å². The minimum atomic E-state index is -0.829. The number of esters is 1. The van der Waals surface area contributed by atoms with Crippen LogP contribution in [0.3, 0.4) is 0 Å². The molecule has 0 spiro atoms. The summed E-state index contributed by atoms with van der Waals surface area (Å²) < 4.78 is 20.4. The van der Waals surface area contributed by atoms with E-state index in [9.17, 15) is 23.6 Å². The third-order valence-corrected chi connectivity index (χ3v) is 9.66. The van der Waals surface area contributed by atoms with Crippen LogP contribution >= 0.6 is 0 Å². The van der Waals surface area contributed by atoms with Crippen LogP contribution in [-0.2, 0) is 20.9 Å². The van der Waals surface area contributed by atoms with Crippen molar-refractivity contribution in [1.82, 2.24) is 20.1 Å². The van der Waals surface area contributed by atoms with Gasteiger partial charge < -0.3 is 19.9 Å². The van der Waals surface area contributed by atoms with Gasteiger partial charge in [0.05, 0.1) is 17.8 Å². The van der Waals surface area contributed by atoms with E-state index in [0.717, 1.165) is 36.6 Å². The first-order valence-electron chi connectivity index (χ1n) is 16.2. The van der Waals surface area contributed by atoms with Crippen molar-refractivity contribution in [2.24, 2.45) is 5.92 Å². The Bertz CT molecular complexity index is 1680. The van der Waals surface area contributed by atoms with E-state index in [1.807, 2.05) is 24.3 Å². The number of nitrogens with zero attached hydrogens (tertiary/aromatic N) is 4. The zero-order chi connectivity index (χ0) is 33.2. The fourth-order valence-corrected chi connectivity index (χ4v) is 6.75. The molecular weight excluding hydrogens is 601 g/mol. The molecule has 2 fully saturated rings. The molecule has 1 aromatic heterocycles. The summed E-state index contributed by atoms with van der Waals surface area (Å²) >= 11 is 0. The lowest BCUT2D eigenvalue weighted by Crippen LogP contribution is -2.45. The lowest BCUT2D eigenvalue weighted by atomic mass is 9.82. The zero-order valence-corrected chi connectivity index (χ0v) is 26.9. The number of anilines is 1. The monoisotopic (exact) mass is 641 g/mol. The Balaban J connectivity index is 1.08. The highest BCUT2D eigenvalue weighted by Crippen LogP contribution is 2.33. The molecule has 1 N–H and O–H groups in total. The molecule has 0 radical (unpaired) electrons. The second kappa shape index (κ2) is 13.6. The van der Waals surface area contributed by atoms with Crippen molar-refractivity contribution < 1.29 is 28.3 Å². The number of amides is 3. The maximum atomic E-state index is 14.8. The zero-order valence-electron chi connectivity index (χ0n) is 26.9. The summed E-state index contributed by atoms with van der Waals surface area (Å²) in [5, 5.41) is 2.87. The van der Waals surface area contributed by atoms with Crippen LogP contribution < -0.4 is 10.2 Å². The highest BCUT2D eigenvalue weighted by Gasteiger charge is 2.36. The summed E-state index contributed by atoms with van der Waals surface area (Å²) in [4.78, 5) is 61.7. The Morgan fingerprint density at radius 1 is 1.02 bits per heavy atom. The van der Waals surface area contributed by atoms with Gasteiger partial charge in [0.1, 0.15) is 18.0 Å². The minimum Gasteiger partial charge on any atom is -0.461 e. The third-order valence-electron chi connectivity index (χ3n) is 9.66. The van der Waals surface area contributed by atoms with E-state index in [4.69, 9.17) is 4.74 Å². The van der Waals surface area contributed by atoms with E-state index in [0.29, 0.717) is 48.8 Å². The Hall–Kier alpha value is -4.64. The number of hydrogen-bond donors (Lipinski definition) is 1. The number of aromatic nitrogens is 1. The Labute approximate surface area is 273 Å². The average Bonchev–Trinajstić information content (AvgIpc) is 3.44. The molecule has 0 bridgehead atoms. The Morgan fingerprint density at radius 2 is 1.79 bits per heavy atom. The lowest BCUT2D eigenvalue weighted by Gasteiger charge is -2.35. The number of carbonyl (C=O) groups excluding carboxylic acids is 4. The number of pyridine rings is 1. The molecule has 2 aliphatic heterocycles. The first-order chi connectivity index (χ1) is 22.6. The average molecular weight is 642 g/mol. The number of fused-ring (bicyclic) bond motifs is 1. The van der Waals surface area contributed by atoms with E-state index < -0.39 is 17.8 Å². The van der Waals surface area contributed by atoms with Crippen LogP contribution in [0.5, 0.6) is 0 Å². The van der Waals surface area contributed by atoms with Crippen LogP contribution in [0.15, 0.2) is 60.9 Å². The van der Waals surface area contributed by atoms with Crippen LogP contribution in [-0.4, -0.2) is 83.3 Å². The summed E-state index contributed by atoms with van der Waals surface area (Å²) in [6, 6.07) is 12.6. The fourth-order valence-electron chi connectivity index (χ4n) is 6.75. The summed E-state index contributed by atoms with van der Waals surface area (Å²) in [6.45, 7) is 5.32. The van der Waals surface area contributed by atoms with E-state index in [1.54, 1.807) is 38.5 Å². The molecule has 3 amide bonds. The van der Waals surface area contributed by atoms with Gasteiger partial charge in [-0.05, 0) is 111 Å². The van der Waals surface area contributed by atoms with E-state index in [1.165, 1.54) is 15.9 Å². The van der Waals surface area contributed by atoms with Gasteiger partial charge in [-0.15, -0.1) is 0 Å². The molecule has 246 valence electrons. The molecule has 3 heterocycles. The molecule has 1 saturated carbocycles. The van der Waals surface area contributed by atoms with Crippen LogP contribution in [0.1, 0.15) is 65.8 Å². The SMILES string of the molecule is C[C@@H]1CCCN1CC(=O)OC1CC(CNC(=O)c2cc(F)cc(CN3C(=O)c4ccc(-c5ccncc5)cc4N(C)C(=O)[C@H]3C)c2)C1. The van der Waals surface area contributed by atoms with Crippen molar-refractivity contribution in [3.8, 4) is 11.1 Å². The van der Waals surface area contributed by atoms with E-state index in [2.05, 4.69) is 22.1 Å². The molecular formula is C36H40FN5O5. The number of nitrogens with one attached hydrogen (secondary N) is 1. The molecule has 3 aromatic rings. The second-order valence-corrected chi connectivity index (χ2v) is 12.9. The topological polar surface area (TPSA) is 112 Å². The normalized spacial score (nSPS) is 22.8. The molecule has 1 saturated heterocycles. The molecule has 2 aromatic carbocycles. The van der Waals surface area contributed by atoms with Crippen LogP contribution in [0.2, 0.25) is 0 Å². The number of halogens is 1. The van der Waals surface area contributed by atoms with Gasteiger partial charge in [0.15, 0.2) is 0 Å². The molecule has 10 nitrogen and oxygen atoms in total. The van der Waals surface area contributed by atoms with Crippen LogP contribution in [0, 0.1) is 11.7 Å². The number of benzene rings is 2. The van der Waals surface area contributed by atoms with Gasteiger partial charge in [-0.2, -0.15) is 0 Å². The quantitative estimate of drug-likeness (QED) is 0.344. The van der Waals surface area contributed by atoms with Gasteiger partial charge in [-0.1, -0.05) is 6.07 Å². The second-order valence-electron chi connectivity index (χ2n) is 12.9. The minimum absolute atomic E-state index is 0.0605. The molecule has 6 rings (SSSR count). The molecule has 3 aliphatic rings. The van der Waals surface area contributed by atoms with Crippen LogP contribution in [0.4, 0.5) is 10.1 Å². The predicted octanol–water partition coefficient (Wildman–Crippen LogP) is 4.43. The fraction of sp³-hybridized carbons (Fsp3) is 0.417. The smallest absolute Gasteiger partial charge is 0.320 e. The number of likely N-dealkylation sites (tertiary alicyclic amines) is 1. The van der Waals surface area contributed by atoms with Crippen molar-refractivity contribution in [3.05, 3.63) is 83.4 Å². The van der Waals surface area contributed by atoms with Gasteiger partial charge in [0.2, 0.25) is 5.91 Å². The van der Waals surface area contributed by atoms with Crippen molar-refractivity contribution >= 4 is 29.4 Å². The Kier molecular flexibility index (Phi) is 9.35. The lowest BCUT2D eigenvalue weighted by molar-refractivity contribution is -0.157. The van der Waals surface area contributed by atoms with E-state index in [-0.39, 0.29) is 41.9 Å². The summed E-state index contributed by atoms with van der Waals surface area (Å²) in [7, 11) is 1.64. The standard InChI is InChI=1S/C36H40FN5O5/c1-22-5-4-12-41(22)21-33(43)47-30-15-24(16-30)19-39-34(44)28-13-25(14-29(37)17-28)20-42-23(2)35(45)40(3)32-18-27(6-7-31(32)36(42)46)26-8-10-38-11-9-26/h6-11,13-14,17-18,22-24,30H,4-5,12,15-16,19-21H2,1-3H3,(H,39,44)/t22-,23-,24?,30?/m1/s1. The van der Waals surface area contributed by atoms with Crippen molar-refractivity contribution in [1.29, 1.82) is 0 Å². The van der Waals surface area contributed by atoms with Gasteiger partial charge >= 0.3 is 5.97 Å². The molecule has 2 atom stereocenters. The molecule has 1 aliphatic carbocycles. The molecule has 0 unspecified atom stereocenters. The van der Waals surface area contributed by atoms with Gasteiger partial charge in [0.25, 0.3) is 11.8 Å². The highest BCUT2D eigenvalue weighted by molar-refractivity contribution is 6.11. The van der Waals surface area contributed by atoms with Gasteiger partial charge in [-0.3, -0.25) is 29.1 Å². The van der Waals surface area contributed by atoms with E-state index >= 15 is 0 Å².